The number of halogens is 6. The van der Waals surface area contributed by atoms with Gasteiger partial charge in [-0.1, -0.05) is 78.6 Å². The Labute approximate surface area is 166 Å². The maximum Gasteiger partial charge on any atom is 0.160 e. The molecule has 0 atom stereocenters. The van der Waals surface area contributed by atoms with Crippen molar-refractivity contribution in [3.05, 3.63) is 54.4 Å². The molecule has 11 heteroatoms. The molecule has 0 saturated carbocycles. The lowest BCUT2D eigenvalue weighted by molar-refractivity contribution is 1.30. The van der Waals surface area contributed by atoms with Crippen molar-refractivity contribution in [1.29, 1.82) is 0 Å². The second-order valence-corrected chi connectivity index (χ2v) is 6.81. The summed E-state index contributed by atoms with van der Waals surface area (Å²) in [4.78, 5) is 0. The second kappa shape index (κ2) is 8.72. The summed E-state index contributed by atoms with van der Waals surface area (Å²) in [5.41, 5.74) is 0.715. The average molecular weight is 449 g/mol. The van der Waals surface area contributed by atoms with Crippen molar-refractivity contribution >= 4 is 93.1 Å². The summed E-state index contributed by atoms with van der Waals surface area (Å²) >= 11 is 36.0. The highest BCUT2D eigenvalue weighted by Crippen LogP contribution is 2.36. The van der Waals surface area contributed by atoms with Crippen molar-refractivity contribution in [2.75, 3.05) is 0 Å². The van der Waals surface area contributed by atoms with Crippen LogP contribution in [0.3, 0.4) is 0 Å². The molecule has 4 nitrogen and oxygen atoms in total. The molecule has 0 unspecified atom stereocenters. The largest absolute Gasteiger partial charge is 0.160 e. The van der Waals surface area contributed by atoms with Crippen LogP contribution in [-0.4, -0.2) is 0 Å². The topological polar surface area (TPSA) is 49.4 Å². The minimum Gasteiger partial charge on any atom is -0.140 e. The zero-order chi connectivity index (χ0) is 17.0. The lowest BCUT2D eigenvalue weighted by Crippen LogP contribution is -1.72. The summed E-state index contributed by atoms with van der Waals surface area (Å²) < 4.78 is 7.50. The molecule has 0 amide bonds. The van der Waals surface area contributed by atoms with Crippen molar-refractivity contribution in [2.45, 2.75) is 0 Å². The van der Waals surface area contributed by atoms with Crippen LogP contribution in [0.4, 0.5) is 11.4 Å². The molecule has 0 aromatic heterocycles. The summed E-state index contributed by atoms with van der Waals surface area (Å²) in [5, 5.41) is 9.67. The van der Waals surface area contributed by atoms with Crippen LogP contribution in [0, 0.1) is 0 Å². The summed E-state index contributed by atoms with van der Waals surface area (Å²) in [7, 11) is 0. The first-order valence-corrected chi connectivity index (χ1v) is 8.65. The third-order valence-corrected chi connectivity index (χ3v) is 4.71. The molecule has 0 N–H and O–H groups in total. The van der Waals surface area contributed by atoms with Gasteiger partial charge in [0.25, 0.3) is 0 Å². The fourth-order valence-corrected chi connectivity index (χ4v) is 2.76. The van der Waals surface area contributed by atoms with Crippen LogP contribution < -0.4 is 0 Å². The quantitative estimate of drug-likeness (QED) is 0.261. The predicted octanol–water partition coefficient (Wildman–Crippen LogP) is 9.04. The lowest BCUT2D eigenvalue weighted by Gasteiger charge is -2.00. The third kappa shape index (κ3) is 5.36. The second-order valence-electron chi connectivity index (χ2n) is 3.88. The van der Waals surface area contributed by atoms with Gasteiger partial charge in [0.15, 0.2) is 12.1 Å². The van der Waals surface area contributed by atoms with E-state index >= 15 is 0 Å². The number of hydrogen-bond acceptors (Lipinski definition) is 5. The first kappa shape index (κ1) is 19.1. The molecule has 0 aliphatic carbocycles. The van der Waals surface area contributed by atoms with Crippen LogP contribution in [0.5, 0.6) is 0 Å². The van der Waals surface area contributed by atoms with Gasteiger partial charge >= 0.3 is 0 Å². The maximum atomic E-state index is 5.96. The number of rotatable bonds is 4. The summed E-state index contributed by atoms with van der Waals surface area (Å²) in [6.45, 7) is 0. The molecule has 0 radical (unpaired) electrons. The Bertz CT molecular complexity index is 730. The fraction of sp³-hybridized carbons (Fsp3) is 0. The molecule has 0 heterocycles. The van der Waals surface area contributed by atoms with E-state index in [0.717, 1.165) is 12.1 Å². The Morgan fingerprint density at radius 3 is 1.26 bits per heavy atom. The van der Waals surface area contributed by atoms with Crippen LogP contribution in [0.15, 0.2) is 43.5 Å². The van der Waals surface area contributed by atoms with Gasteiger partial charge in [-0.15, -0.1) is 10.2 Å². The number of nitrogens with zero attached hydrogens (tertiary/aromatic N) is 4. The molecule has 23 heavy (non-hydrogen) atoms. The molecule has 2 aromatic rings. The van der Waals surface area contributed by atoms with Crippen LogP contribution >= 0.6 is 81.7 Å². The Hall–Kier alpha value is -0.270. The van der Waals surface area contributed by atoms with E-state index in [4.69, 9.17) is 69.6 Å². The molecule has 120 valence electrons. The number of hydrogen-bond donors (Lipinski definition) is 0. The molecule has 0 aliphatic heterocycles. The molecule has 0 bridgehead atoms. The summed E-state index contributed by atoms with van der Waals surface area (Å²) in [6, 6.07) is 5.93. The van der Waals surface area contributed by atoms with E-state index in [1.807, 2.05) is 0 Å². The van der Waals surface area contributed by atoms with E-state index in [2.05, 4.69) is 19.3 Å². The minimum absolute atomic E-state index is 0.313. The highest BCUT2D eigenvalue weighted by molar-refractivity contribution is 7.96. The highest BCUT2D eigenvalue weighted by atomic mass is 35.5. The van der Waals surface area contributed by atoms with Crippen molar-refractivity contribution in [1.82, 2.24) is 0 Å². The van der Waals surface area contributed by atoms with Crippen molar-refractivity contribution in [3.63, 3.8) is 0 Å². The van der Waals surface area contributed by atoms with Gasteiger partial charge in [0.05, 0.1) is 30.1 Å². The standard InChI is InChI=1S/C12H4Cl6N4S/c13-5-1-9(17)11(3-7(5)15)19-21-23-22-20-12-4-8(16)6(14)2-10(12)18/h1-4H. The Morgan fingerprint density at radius 1 is 0.522 bits per heavy atom. The minimum atomic E-state index is 0.313. The van der Waals surface area contributed by atoms with Gasteiger partial charge < -0.3 is 0 Å². The Kier molecular flexibility index (Phi) is 7.22. The zero-order valence-electron chi connectivity index (χ0n) is 10.8. The van der Waals surface area contributed by atoms with Crippen molar-refractivity contribution < 1.29 is 0 Å². The molecule has 2 rings (SSSR count). The average Bonchev–Trinajstić information content (AvgIpc) is 2.49. The molecular formula is C12H4Cl6N4S. The first-order valence-electron chi connectivity index (χ1n) is 5.66. The van der Waals surface area contributed by atoms with Gasteiger partial charge in [-0.25, -0.2) is 0 Å². The van der Waals surface area contributed by atoms with E-state index in [-0.39, 0.29) is 0 Å². The van der Waals surface area contributed by atoms with Crippen LogP contribution in [-0.2, 0) is 0 Å². The number of benzene rings is 2. The van der Waals surface area contributed by atoms with E-state index in [1.165, 1.54) is 24.3 Å². The van der Waals surface area contributed by atoms with E-state index < -0.39 is 0 Å². The zero-order valence-corrected chi connectivity index (χ0v) is 16.1. The van der Waals surface area contributed by atoms with Crippen molar-refractivity contribution in [3.8, 4) is 0 Å². The van der Waals surface area contributed by atoms with Gasteiger partial charge in [-0.2, -0.15) is 0 Å². The third-order valence-electron chi connectivity index (χ3n) is 2.35. The van der Waals surface area contributed by atoms with E-state index in [9.17, 15) is 0 Å². The van der Waals surface area contributed by atoms with E-state index in [0.29, 0.717) is 41.5 Å². The fourth-order valence-electron chi connectivity index (χ4n) is 1.32. The summed E-state index contributed by atoms with van der Waals surface area (Å²) in [6.07, 6.45) is 0. The van der Waals surface area contributed by atoms with Crippen LogP contribution in [0.2, 0.25) is 30.1 Å². The van der Waals surface area contributed by atoms with Gasteiger partial charge in [-0.3, -0.25) is 0 Å². The molecular weight excluding hydrogens is 445 g/mol. The molecule has 0 spiro atoms. The SMILES string of the molecule is Clc1cc(Cl)c(N=NSN=Nc2cc(Cl)c(Cl)cc2Cl)cc1Cl. The molecule has 2 aromatic carbocycles. The molecule has 0 fully saturated rings. The van der Waals surface area contributed by atoms with Crippen molar-refractivity contribution in [2.24, 2.45) is 19.3 Å². The Balaban J connectivity index is 2.05. The lowest BCUT2D eigenvalue weighted by atomic mass is 10.3. The van der Waals surface area contributed by atoms with Crippen LogP contribution in [0.25, 0.3) is 0 Å². The smallest absolute Gasteiger partial charge is 0.140 e. The van der Waals surface area contributed by atoms with Crippen LogP contribution in [0.1, 0.15) is 0 Å². The summed E-state index contributed by atoms with van der Waals surface area (Å²) in [5.74, 6) is 0. The monoisotopic (exact) mass is 446 g/mol. The van der Waals surface area contributed by atoms with Gasteiger partial charge in [0.2, 0.25) is 0 Å². The highest BCUT2D eigenvalue weighted by Gasteiger charge is 2.06. The first-order chi connectivity index (χ1) is 10.9. The van der Waals surface area contributed by atoms with Gasteiger partial charge in [0.1, 0.15) is 11.4 Å². The normalized spacial score (nSPS) is 11.7. The van der Waals surface area contributed by atoms with Gasteiger partial charge in [0, 0.05) is 0 Å². The molecule has 0 aliphatic rings. The predicted molar refractivity (Wildman–Crippen MR) is 99.6 cm³/mol. The molecule has 0 saturated heterocycles. The van der Waals surface area contributed by atoms with E-state index in [1.54, 1.807) is 0 Å². The maximum absolute atomic E-state index is 5.96. The van der Waals surface area contributed by atoms with Gasteiger partial charge in [-0.05, 0) is 24.3 Å². The Morgan fingerprint density at radius 2 is 0.870 bits per heavy atom.